The molecule has 0 spiro atoms. The molecule has 0 saturated carbocycles. The molecule has 0 atom stereocenters. The Morgan fingerprint density at radius 1 is 1.60 bits per heavy atom. The Kier molecular flexibility index (Phi) is 2.26. The predicted octanol–water partition coefficient (Wildman–Crippen LogP) is 0.445. The zero-order chi connectivity index (χ0) is 11.0. The summed E-state index contributed by atoms with van der Waals surface area (Å²) < 4.78 is 13.5. The fourth-order valence-electron chi connectivity index (χ4n) is 1.47. The molecule has 80 valence electrons. The third-order valence-electron chi connectivity index (χ3n) is 2.48. The first-order chi connectivity index (χ1) is 7.09. The van der Waals surface area contributed by atoms with Gasteiger partial charge in [-0.2, -0.15) is 0 Å². The van der Waals surface area contributed by atoms with Gasteiger partial charge in [0.25, 0.3) is 0 Å². The van der Waals surface area contributed by atoms with E-state index < -0.39 is 17.7 Å². The molecule has 5 nitrogen and oxygen atoms in total. The van der Waals surface area contributed by atoms with Crippen LogP contribution in [0.25, 0.3) is 0 Å². The fraction of sp³-hybridized carbons (Fsp3) is 0.444. The predicted molar refractivity (Wildman–Crippen MR) is 50.1 cm³/mol. The minimum absolute atomic E-state index is 0.194. The number of halogens is 1. The van der Waals surface area contributed by atoms with E-state index in [0.717, 1.165) is 0 Å². The molecule has 0 radical (unpaired) electrons. The van der Waals surface area contributed by atoms with Gasteiger partial charge in [-0.1, -0.05) is 0 Å². The molecule has 1 N–H and O–H groups in total. The number of aliphatic carboxylic acids is 1. The Balaban J connectivity index is 2.13. The number of rotatable bonds is 2. The molecule has 1 saturated heterocycles. The summed E-state index contributed by atoms with van der Waals surface area (Å²) in [4.78, 5) is 19.7. The molecular weight excluding hydrogens is 201 g/mol. The third kappa shape index (κ3) is 1.62. The van der Waals surface area contributed by atoms with E-state index in [1.165, 1.54) is 6.33 Å². The largest absolute Gasteiger partial charge is 0.481 e. The Labute approximate surface area is 85.6 Å². The van der Waals surface area contributed by atoms with E-state index in [2.05, 4.69) is 9.97 Å². The number of hydrogen-bond donors (Lipinski definition) is 1. The molecule has 1 aliphatic heterocycles. The van der Waals surface area contributed by atoms with Crippen LogP contribution in [0.4, 0.5) is 10.2 Å². The molecule has 1 aliphatic rings. The van der Waals surface area contributed by atoms with Crippen molar-refractivity contribution < 1.29 is 14.3 Å². The zero-order valence-electron chi connectivity index (χ0n) is 8.14. The summed E-state index contributed by atoms with van der Waals surface area (Å²) in [6, 6.07) is 0. The van der Waals surface area contributed by atoms with Gasteiger partial charge in [-0.05, 0) is 6.92 Å². The van der Waals surface area contributed by atoms with Gasteiger partial charge < -0.3 is 10.0 Å². The first-order valence-corrected chi connectivity index (χ1v) is 4.54. The van der Waals surface area contributed by atoms with Gasteiger partial charge in [0, 0.05) is 13.1 Å². The number of hydrogen-bond acceptors (Lipinski definition) is 4. The van der Waals surface area contributed by atoms with Gasteiger partial charge in [0.1, 0.15) is 6.33 Å². The highest BCUT2D eigenvalue weighted by atomic mass is 19.1. The van der Waals surface area contributed by atoms with E-state index in [9.17, 15) is 9.18 Å². The van der Waals surface area contributed by atoms with Crippen LogP contribution in [0.5, 0.6) is 0 Å². The molecule has 2 heterocycles. The van der Waals surface area contributed by atoms with Crippen LogP contribution in [0.15, 0.2) is 6.33 Å². The molecule has 1 aromatic heterocycles. The maximum absolute atomic E-state index is 13.5. The lowest BCUT2D eigenvalue weighted by Crippen LogP contribution is -2.51. The highest BCUT2D eigenvalue weighted by Gasteiger charge is 2.34. The second-order valence-electron chi connectivity index (χ2n) is 3.54. The molecule has 1 aromatic rings. The van der Waals surface area contributed by atoms with Crippen molar-refractivity contribution in [3.8, 4) is 0 Å². The van der Waals surface area contributed by atoms with Gasteiger partial charge >= 0.3 is 5.97 Å². The Bertz CT molecular complexity index is 404. The highest BCUT2D eigenvalue weighted by molar-refractivity contribution is 5.74. The molecule has 15 heavy (non-hydrogen) atoms. The molecule has 2 rings (SSSR count). The summed E-state index contributed by atoms with van der Waals surface area (Å²) in [7, 11) is 0. The highest BCUT2D eigenvalue weighted by Crippen LogP contribution is 2.25. The van der Waals surface area contributed by atoms with Crippen molar-refractivity contribution in [2.24, 2.45) is 5.92 Å². The van der Waals surface area contributed by atoms with Crippen LogP contribution in [-0.4, -0.2) is 34.1 Å². The van der Waals surface area contributed by atoms with Crippen LogP contribution < -0.4 is 4.90 Å². The number of carbonyl (C=O) groups is 1. The summed E-state index contributed by atoms with van der Waals surface area (Å²) >= 11 is 0. The molecule has 6 heteroatoms. The normalized spacial score (nSPS) is 16.3. The molecule has 0 aromatic carbocycles. The second-order valence-corrected chi connectivity index (χ2v) is 3.54. The standard InChI is InChI=1S/C9H10FN3O2/c1-5-7(10)8(12-4-11-5)13-2-6(3-13)9(14)15/h4,6H,2-3H2,1H3,(H,14,15). The minimum atomic E-state index is -0.850. The van der Waals surface area contributed by atoms with Crippen LogP contribution in [0, 0.1) is 18.7 Å². The van der Waals surface area contributed by atoms with Crippen LogP contribution in [0.2, 0.25) is 0 Å². The van der Waals surface area contributed by atoms with Crippen molar-refractivity contribution in [3.63, 3.8) is 0 Å². The molecule has 0 bridgehead atoms. The van der Waals surface area contributed by atoms with Gasteiger partial charge in [0.15, 0.2) is 11.6 Å². The number of carboxylic acid groups (broad SMARTS) is 1. The SMILES string of the molecule is Cc1ncnc(N2CC(C(=O)O)C2)c1F. The van der Waals surface area contributed by atoms with E-state index in [1.807, 2.05) is 0 Å². The summed E-state index contributed by atoms with van der Waals surface area (Å²) in [6.45, 7) is 2.17. The Morgan fingerprint density at radius 3 is 2.87 bits per heavy atom. The lowest BCUT2D eigenvalue weighted by Gasteiger charge is -2.37. The zero-order valence-corrected chi connectivity index (χ0v) is 8.14. The van der Waals surface area contributed by atoms with Crippen LogP contribution in [-0.2, 0) is 4.79 Å². The maximum Gasteiger partial charge on any atom is 0.310 e. The number of carboxylic acids is 1. The summed E-state index contributed by atoms with van der Waals surface area (Å²) in [6.07, 6.45) is 1.28. The average Bonchev–Trinajstić information content (AvgIpc) is 2.09. The minimum Gasteiger partial charge on any atom is -0.481 e. The number of nitrogens with zero attached hydrogens (tertiary/aromatic N) is 3. The van der Waals surface area contributed by atoms with E-state index in [0.29, 0.717) is 13.1 Å². The average molecular weight is 211 g/mol. The van der Waals surface area contributed by atoms with Crippen molar-refractivity contribution in [1.29, 1.82) is 0 Å². The molecule has 0 unspecified atom stereocenters. The maximum atomic E-state index is 13.5. The van der Waals surface area contributed by atoms with Gasteiger partial charge in [-0.25, -0.2) is 14.4 Å². The lowest BCUT2D eigenvalue weighted by molar-refractivity contribution is -0.142. The lowest BCUT2D eigenvalue weighted by atomic mass is 10.0. The van der Waals surface area contributed by atoms with Crippen molar-refractivity contribution in [2.75, 3.05) is 18.0 Å². The van der Waals surface area contributed by atoms with Gasteiger partial charge in [-0.15, -0.1) is 0 Å². The smallest absolute Gasteiger partial charge is 0.310 e. The first-order valence-electron chi connectivity index (χ1n) is 4.54. The number of aromatic nitrogens is 2. The van der Waals surface area contributed by atoms with Crippen molar-refractivity contribution in [3.05, 3.63) is 17.8 Å². The first kappa shape index (κ1) is 9.82. The molecule has 1 fully saturated rings. The van der Waals surface area contributed by atoms with Gasteiger partial charge in [-0.3, -0.25) is 4.79 Å². The molecule has 0 amide bonds. The molecule has 0 aliphatic carbocycles. The van der Waals surface area contributed by atoms with Gasteiger partial charge in [0.05, 0.1) is 11.6 Å². The summed E-state index contributed by atoms with van der Waals surface area (Å²) in [5.74, 6) is -1.54. The van der Waals surface area contributed by atoms with E-state index >= 15 is 0 Å². The van der Waals surface area contributed by atoms with Crippen molar-refractivity contribution >= 4 is 11.8 Å². The van der Waals surface area contributed by atoms with E-state index in [4.69, 9.17) is 5.11 Å². The number of aryl methyl sites for hydroxylation is 1. The summed E-state index contributed by atoms with van der Waals surface area (Å²) in [5, 5.41) is 8.67. The third-order valence-corrected chi connectivity index (χ3v) is 2.48. The second kappa shape index (κ2) is 3.45. The molecular formula is C9H10FN3O2. The van der Waals surface area contributed by atoms with E-state index in [1.54, 1.807) is 11.8 Å². The fourth-order valence-corrected chi connectivity index (χ4v) is 1.47. The van der Waals surface area contributed by atoms with Crippen LogP contribution >= 0.6 is 0 Å². The Hall–Kier alpha value is -1.72. The monoisotopic (exact) mass is 211 g/mol. The topological polar surface area (TPSA) is 66.3 Å². The Morgan fingerprint density at radius 2 is 2.27 bits per heavy atom. The quantitative estimate of drug-likeness (QED) is 0.769. The van der Waals surface area contributed by atoms with Crippen molar-refractivity contribution in [1.82, 2.24) is 9.97 Å². The van der Waals surface area contributed by atoms with Crippen molar-refractivity contribution in [2.45, 2.75) is 6.92 Å². The number of anilines is 1. The summed E-state index contributed by atoms with van der Waals surface area (Å²) in [5.41, 5.74) is 0.277. The van der Waals surface area contributed by atoms with Crippen LogP contribution in [0.1, 0.15) is 5.69 Å². The van der Waals surface area contributed by atoms with Gasteiger partial charge in [0.2, 0.25) is 0 Å². The van der Waals surface area contributed by atoms with E-state index in [-0.39, 0.29) is 11.5 Å². The van der Waals surface area contributed by atoms with Crippen LogP contribution in [0.3, 0.4) is 0 Å².